The second-order valence-corrected chi connectivity index (χ2v) is 6.43. The highest BCUT2D eigenvalue weighted by molar-refractivity contribution is 8.00. The van der Waals surface area contributed by atoms with Crippen LogP contribution in [0.4, 0.5) is 18.9 Å². The molecule has 0 atom stereocenters. The van der Waals surface area contributed by atoms with Crippen molar-refractivity contribution in [2.24, 2.45) is 0 Å². The van der Waals surface area contributed by atoms with Crippen LogP contribution in [0.5, 0.6) is 0 Å². The summed E-state index contributed by atoms with van der Waals surface area (Å²) in [6, 6.07) is 9.62. The molecule has 24 heavy (non-hydrogen) atoms. The summed E-state index contributed by atoms with van der Waals surface area (Å²) in [4.78, 5) is 11.6. The lowest BCUT2D eigenvalue weighted by Gasteiger charge is -2.23. The summed E-state index contributed by atoms with van der Waals surface area (Å²) < 4.78 is 39.3. The van der Waals surface area contributed by atoms with Crippen molar-refractivity contribution in [3.05, 3.63) is 58.6 Å². The number of anilines is 1. The van der Waals surface area contributed by atoms with Crippen LogP contribution in [-0.2, 0) is 11.0 Å². The zero-order chi connectivity index (χ0) is 17.9. The van der Waals surface area contributed by atoms with Crippen molar-refractivity contribution >= 4 is 35.2 Å². The monoisotopic (exact) mass is 375 g/mol. The van der Waals surface area contributed by atoms with Gasteiger partial charge in [-0.2, -0.15) is 13.2 Å². The Bertz CT molecular complexity index is 735. The van der Waals surface area contributed by atoms with Crippen molar-refractivity contribution in [1.29, 1.82) is 0 Å². The third-order valence-corrected chi connectivity index (χ3v) is 4.62. The van der Waals surface area contributed by atoms with Crippen molar-refractivity contribution in [2.75, 3.05) is 10.8 Å². The molecular formula is C16H13ClF3NO2S. The first-order valence-corrected chi connectivity index (χ1v) is 7.93. The Hall–Kier alpha value is -1.86. The molecule has 2 aromatic carbocycles. The molecule has 8 heteroatoms. The first-order chi connectivity index (χ1) is 11.2. The summed E-state index contributed by atoms with van der Waals surface area (Å²) in [6.07, 6.45) is -4.41. The number of nitrogens with zero attached hydrogens (tertiary/aromatic N) is 1. The fourth-order valence-electron chi connectivity index (χ4n) is 1.99. The zero-order valence-electron chi connectivity index (χ0n) is 12.5. The van der Waals surface area contributed by atoms with Crippen LogP contribution in [-0.4, -0.2) is 17.6 Å². The van der Waals surface area contributed by atoms with E-state index in [0.717, 1.165) is 24.1 Å². The number of carboxylic acids is 1. The highest BCUT2D eigenvalue weighted by atomic mass is 35.5. The van der Waals surface area contributed by atoms with Crippen LogP contribution < -0.4 is 4.31 Å². The molecular weight excluding hydrogens is 363 g/mol. The number of benzene rings is 2. The normalized spacial score (nSPS) is 11.4. The Balaban J connectivity index is 2.29. The molecule has 0 saturated carbocycles. The van der Waals surface area contributed by atoms with E-state index in [0.29, 0.717) is 21.2 Å². The van der Waals surface area contributed by atoms with Crippen LogP contribution in [0, 0.1) is 6.92 Å². The van der Waals surface area contributed by atoms with Crippen LogP contribution in [0.25, 0.3) is 0 Å². The largest absolute Gasteiger partial charge is 0.480 e. The minimum Gasteiger partial charge on any atom is -0.480 e. The molecule has 128 valence electrons. The smallest absolute Gasteiger partial charge is 0.416 e. The summed E-state index contributed by atoms with van der Waals surface area (Å²) >= 11 is 7.10. The first kappa shape index (κ1) is 18.5. The van der Waals surface area contributed by atoms with E-state index in [1.165, 1.54) is 16.4 Å². The van der Waals surface area contributed by atoms with Crippen molar-refractivity contribution in [1.82, 2.24) is 0 Å². The van der Waals surface area contributed by atoms with Gasteiger partial charge in [-0.25, -0.2) is 0 Å². The van der Waals surface area contributed by atoms with E-state index in [1.807, 2.05) is 0 Å². The average Bonchev–Trinajstić information content (AvgIpc) is 2.48. The third-order valence-electron chi connectivity index (χ3n) is 3.18. The van der Waals surface area contributed by atoms with Crippen LogP contribution in [0.3, 0.4) is 0 Å². The lowest BCUT2D eigenvalue weighted by molar-refractivity contribution is -0.137. The molecule has 0 spiro atoms. The van der Waals surface area contributed by atoms with Crippen LogP contribution in [0.1, 0.15) is 11.1 Å². The molecule has 0 fully saturated rings. The van der Waals surface area contributed by atoms with E-state index >= 15 is 0 Å². The minimum absolute atomic E-state index is 0.327. The highest BCUT2D eigenvalue weighted by Crippen LogP contribution is 2.35. The molecule has 0 aliphatic carbocycles. The topological polar surface area (TPSA) is 40.5 Å². The van der Waals surface area contributed by atoms with E-state index < -0.39 is 17.7 Å². The quantitative estimate of drug-likeness (QED) is 0.723. The van der Waals surface area contributed by atoms with Gasteiger partial charge >= 0.3 is 12.1 Å². The van der Waals surface area contributed by atoms with E-state index in [2.05, 4.69) is 0 Å². The van der Waals surface area contributed by atoms with Gasteiger partial charge < -0.3 is 9.41 Å². The van der Waals surface area contributed by atoms with Crippen LogP contribution >= 0.6 is 23.5 Å². The van der Waals surface area contributed by atoms with E-state index in [4.69, 9.17) is 16.7 Å². The zero-order valence-corrected chi connectivity index (χ0v) is 14.0. The van der Waals surface area contributed by atoms with Crippen LogP contribution in [0.2, 0.25) is 5.02 Å². The Morgan fingerprint density at radius 3 is 2.38 bits per heavy atom. The van der Waals surface area contributed by atoms with Crippen molar-refractivity contribution in [3.8, 4) is 0 Å². The second-order valence-electron chi connectivity index (χ2n) is 4.93. The number of alkyl halides is 3. The summed E-state index contributed by atoms with van der Waals surface area (Å²) in [6.45, 7) is 1.42. The van der Waals surface area contributed by atoms with Crippen molar-refractivity contribution in [3.63, 3.8) is 0 Å². The molecule has 2 rings (SSSR count). The summed E-state index contributed by atoms with van der Waals surface area (Å²) in [5.74, 6) is -1.06. The molecule has 0 amide bonds. The maximum absolute atomic E-state index is 12.6. The molecule has 2 aromatic rings. The van der Waals surface area contributed by atoms with Gasteiger partial charge in [-0.15, -0.1) is 0 Å². The molecule has 0 aliphatic heterocycles. The Morgan fingerprint density at radius 2 is 1.83 bits per heavy atom. The van der Waals surface area contributed by atoms with Gasteiger partial charge in [0.2, 0.25) is 0 Å². The lowest BCUT2D eigenvalue weighted by Crippen LogP contribution is -2.23. The fraction of sp³-hybridized carbons (Fsp3) is 0.188. The highest BCUT2D eigenvalue weighted by Gasteiger charge is 2.30. The SMILES string of the molecule is Cc1c(Cl)cccc1N(CC(=O)O)Sc1ccc(C(F)(F)F)cc1. The first-order valence-electron chi connectivity index (χ1n) is 6.78. The number of hydrogen-bond acceptors (Lipinski definition) is 3. The molecule has 0 heterocycles. The molecule has 0 bridgehead atoms. The molecule has 0 saturated heterocycles. The Morgan fingerprint density at radius 1 is 1.21 bits per heavy atom. The minimum atomic E-state index is -4.41. The maximum Gasteiger partial charge on any atom is 0.416 e. The van der Waals surface area contributed by atoms with Crippen LogP contribution in [0.15, 0.2) is 47.4 Å². The van der Waals surface area contributed by atoms with Crippen molar-refractivity contribution in [2.45, 2.75) is 18.0 Å². The van der Waals surface area contributed by atoms with Gasteiger partial charge in [0.15, 0.2) is 0 Å². The second kappa shape index (κ2) is 7.36. The summed E-state index contributed by atoms with van der Waals surface area (Å²) in [5.41, 5.74) is 0.533. The van der Waals surface area contributed by atoms with Gasteiger partial charge in [0.05, 0.1) is 11.3 Å². The number of rotatable bonds is 5. The van der Waals surface area contributed by atoms with E-state index in [9.17, 15) is 18.0 Å². The fourth-order valence-corrected chi connectivity index (χ4v) is 3.14. The molecule has 0 unspecified atom stereocenters. The predicted octanol–water partition coefficient (Wildman–Crippen LogP) is 5.27. The Kier molecular flexibility index (Phi) is 5.66. The third kappa shape index (κ3) is 4.58. The predicted molar refractivity (Wildman–Crippen MR) is 88.5 cm³/mol. The average molecular weight is 376 g/mol. The van der Waals surface area contributed by atoms with E-state index in [1.54, 1.807) is 25.1 Å². The molecule has 1 N–H and O–H groups in total. The van der Waals surface area contributed by atoms with E-state index in [-0.39, 0.29) is 6.54 Å². The van der Waals surface area contributed by atoms with Gasteiger partial charge in [-0.3, -0.25) is 4.79 Å². The number of carbonyl (C=O) groups is 1. The van der Waals surface area contributed by atoms with Gasteiger partial charge in [-0.05, 0) is 60.8 Å². The van der Waals surface area contributed by atoms with Gasteiger partial charge in [0.25, 0.3) is 0 Å². The molecule has 0 radical (unpaired) electrons. The lowest BCUT2D eigenvalue weighted by atomic mass is 10.2. The number of hydrogen-bond donors (Lipinski definition) is 1. The van der Waals surface area contributed by atoms with Crippen molar-refractivity contribution < 1.29 is 23.1 Å². The number of aliphatic carboxylic acids is 1. The molecule has 0 aliphatic rings. The summed E-state index contributed by atoms with van der Waals surface area (Å²) in [7, 11) is 0. The van der Waals surface area contributed by atoms with Gasteiger partial charge in [-0.1, -0.05) is 17.7 Å². The van der Waals surface area contributed by atoms with Gasteiger partial charge in [0.1, 0.15) is 6.54 Å². The number of carboxylic acid groups (broad SMARTS) is 1. The Labute approximate surface area is 146 Å². The number of halogens is 4. The standard InChI is InChI=1S/C16H13ClF3NO2S/c1-10-13(17)3-2-4-14(10)21(9-15(22)23)24-12-7-5-11(6-8-12)16(18,19)20/h2-8H,9H2,1H3,(H,22,23). The maximum atomic E-state index is 12.6. The molecule has 0 aromatic heterocycles. The van der Waals surface area contributed by atoms with Gasteiger partial charge in [0, 0.05) is 9.92 Å². The summed E-state index contributed by atoms with van der Waals surface area (Å²) in [5, 5.41) is 9.58. The molecule has 3 nitrogen and oxygen atoms in total.